The van der Waals surface area contributed by atoms with Crippen molar-refractivity contribution in [1.82, 2.24) is 19.9 Å². The average molecular weight is 286 g/mol. The third-order valence-corrected chi connectivity index (χ3v) is 3.15. The lowest BCUT2D eigenvalue weighted by Crippen LogP contribution is -2.33. The predicted octanol–water partition coefficient (Wildman–Crippen LogP) is 1.65. The first-order valence-electron chi connectivity index (χ1n) is 6.61. The predicted molar refractivity (Wildman–Crippen MR) is 78.7 cm³/mol. The summed E-state index contributed by atoms with van der Waals surface area (Å²) in [5.74, 6) is -0.0812. The molecular weight excluding hydrogens is 268 g/mol. The van der Waals surface area contributed by atoms with Gasteiger partial charge in [0.05, 0.1) is 17.4 Å². The van der Waals surface area contributed by atoms with Gasteiger partial charge in [-0.2, -0.15) is 0 Å². The van der Waals surface area contributed by atoms with Gasteiger partial charge >= 0.3 is 0 Å². The van der Waals surface area contributed by atoms with Crippen molar-refractivity contribution in [1.29, 1.82) is 0 Å². The van der Waals surface area contributed by atoms with E-state index in [0.29, 0.717) is 12.1 Å². The number of aromatic nitrogens is 3. The molecule has 2 rings (SSSR count). The molecule has 0 saturated carbocycles. The summed E-state index contributed by atoms with van der Waals surface area (Å²) in [5, 5.41) is 0. The van der Waals surface area contributed by atoms with Crippen molar-refractivity contribution in [3.05, 3.63) is 42.6 Å². The van der Waals surface area contributed by atoms with Gasteiger partial charge in [0.1, 0.15) is 6.33 Å². The summed E-state index contributed by atoms with van der Waals surface area (Å²) in [7, 11) is 3.37. The normalized spacial score (nSPS) is 12.0. The number of carbonyl (C=O) groups is 1. The van der Waals surface area contributed by atoms with Gasteiger partial charge in [0, 0.05) is 44.9 Å². The van der Waals surface area contributed by atoms with Gasteiger partial charge in [0.15, 0.2) is 0 Å². The van der Waals surface area contributed by atoms with Crippen LogP contribution in [0.4, 0.5) is 0 Å². The standard InChI is InChI=1S/C15H18N4O2/c1-11(21-3)9-19(2)15(20)12-4-5-14(18-8-12)13-6-16-10-17-7-13/h4-8,10-11H,9H2,1-3H3/t11-/m1/s1. The molecule has 0 radical (unpaired) electrons. The number of hydrogen-bond acceptors (Lipinski definition) is 5. The number of amides is 1. The van der Waals surface area contributed by atoms with Gasteiger partial charge in [-0.3, -0.25) is 9.78 Å². The lowest BCUT2D eigenvalue weighted by atomic mass is 10.2. The highest BCUT2D eigenvalue weighted by Crippen LogP contribution is 2.15. The second kappa shape index (κ2) is 6.90. The molecule has 0 aliphatic carbocycles. The molecule has 0 aromatic carbocycles. The molecular formula is C15H18N4O2. The highest BCUT2D eigenvalue weighted by Gasteiger charge is 2.14. The van der Waals surface area contributed by atoms with Gasteiger partial charge in [-0.1, -0.05) is 0 Å². The molecule has 1 atom stereocenters. The van der Waals surface area contributed by atoms with Crippen LogP contribution in [0.1, 0.15) is 17.3 Å². The first kappa shape index (κ1) is 15.1. The van der Waals surface area contributed by atoms with E-state index in [9.17, 15) is 4.79 Å². The van der Waals surface area contributed by atoms with Gasteiger partial charge in [-0.25, -0.2) is 9.97 Å². The minimum Gasteiger partial charge on any atom is -0.380 e. The summed E-state index contributed by atoms with van der Waals surface area (Å²) in [6, 6.07) is 3.55. The zero-order chi connectivity index (χ0) is 15.2. The molecule has 0 spiro atoms. The Bertz CT molecular complexity index is 586. The molecule has 6 heteroatoms. The van der Waals surface area contributed by atoms with E-state index in [1.165, 1.54) is 6.33 Å². The number of rotatable bonds is 5. The topological polar surface area (TPSA) is 68.2 Å². The summed E-state index contributed by atoms with van der Waals surface area (Å²) in [4.78, 5) is 26.1. The highest BCUT2D eigenvalue weighted by atomic mass is 16.5. The van der Waals surface area contributed by atoms with Gasteiger partial charge < -0.3 is 9.64 Å². The zero-order valence-electron chi connectivity index (χ0n) is 12.4. The Labute approximate surface area is 123 Å². The molecule has 0 aliphatic rings. The van der Waals surface area contributed by atoms with Crippen molar-refractivity contribution in [2.75, 3.05) is 20.7 Å². The van der Waals surface area contributed by atoms with Crippen LogP contribution in [0.3, 0.4) is 0 Å². The van der Waals surface area contributed by atoms with Crippen molar-refractivity contribution >= 4 is 5.91 Å². The fourth-order valence-electron chi connectivity index (χ4n) is 1.89. The van der Waals surface area contributed by atoms with Crippen LogP contribution in [0.25, 0.3) is 11.3 Å². The van der Waals surface area contributed by atoms with Crippen LogP contribution in [0.5, 0.6) is 0 Å². The van der Waals surface area contributed by atoms with Crippen LogP contribution < -0.4 is 0 Å². The van der Waals surface area contributed by atoms with E-state index in [1.54, 1.807) is 49.8 Å². The third kappa shape index (κ3) is 3.82. The van der Waals surface area contributed by atoms with E-state index < -0.39 is 0 Å². The lowest BCUT2D eigenvalue weighted by Gasteiger charge is -2.20. The van der Waals surface area contributed by atoms with E-state index in [-0.39, 0.29) is 12.0 Å². The highest BCUT2D eigenvalue weighted by molar-refractivity contribution is 5.94. The first-order valence-corrected chi connectivity index (χ1v) is 6.61. The average Bonchev–Trinajstić information content (AvgIpc) is 2.55. The molecule has 0 saturated heterocycles. The molecule has 21 heavy (non-hydrogen) atoms. The smallest absolute Gasteiger partial charge is 0.255 e. The number of hydrogen-bond donors (Lipinski definition) is 0. The quantitative estimate of drug-likeness (QED) is 0.836. The minimum absolute atomic E-state index is 0.00681. The summed E-state index contributed by atoms with van der Waals surface area (Å²) in [6.07, 6.45) is 6.39. The zero-order valence-corrected chi connectivity index (χ0v) is 12.4. The second-order valence-corrected chi connectivity index (χ2v) is 4.79. The summed E-state index contributed by atoms with van der Waals surface area (Å²) in [6.45, 7) is 2.45. The number of methoxy groups -OCH3 is 1. The SMILES string of the molecule is CO[C@H](C)CN(C)C(=O)c1ccc(-c2cncnc2)nc1. The van der Waals surface area contributed by atoms with Crippen molar-refractivity contribution in [2.45, 2.75) is 13.0 Å². The maximum Gasteiger partial charge on any atom is 0.255 e. The molecule has 1 amide bonds. The number of pyridine rings is 1. The fraction of sp³-hybridized carbons (Fsp3) is 0.333. The first-order chi connectivity index (χ1) is 10.1. The van der Waals surface area contributed by atoms with Gasteiger partial charge in [0.2, 0.25) is 0 Å². The second-order valence-electron chi connectivity index (χ2n) is 4.79. The van der Waals surface area contributed by atoms with E-state index >= 15 is 0 Å². The lowest BCUT2D eigenvalue weighted by molar-refractivity contribution is 0.0599. The third-order valence-electron chi connectivity index (χ3n) is 3.15. The maximum atomic E-state index is 12.2. The van der Waals surface area contributed by atoms with Crippen molar-refractivity contribution < 1.29 is 9.53 Å². The van der Waals surface area contributed by atoms with E-state index in [2.05, 4.69) is 15.0 Å². The van der Waals surface area contributed by atoms with Crippen molar-refractivity contribution in [3.63, 3.8) is 0 Å². The molecule has 110 valence electrons. The van der Waals surface area contributed by atoms with Crippen LogP contribution in [-0.2, 0) is 4.74 Å². The summed E-state index contributed by atoms with van der Waals surface area (Å²) >= 11 is 0. The molecule has 6 nitrogen and oxygen atoms in total. The number of carbonyl (C=O) groups excluding carboxylic acids is 1. The number of ether oxygens (including phenoxy) is 1. The van der Waals surface area contributed by atoms with Crippen LogP contribution in [-0.4, -0.2) is 52.6 Å². The van der Waals surface area contributed by atoms with E-state index in [1.807, 2.05) is 6.92 Å². The Morgan fingerprint density at radius 2 is 2.00 bits per heavy atom. The Kier molecular flexibility index (Phi) is 4.94. The van der Waals surface area contributed by atoms with Crippen LogP contribution >= 0.6 is 0 Å². The largest absolute Gasteiger partial charge is 0.380 e. The van der Waals surface area contributed by atoms with Gasteiger partial charge in [-0.05, 0) is 19.1 Å². The fourth-order valence-corrected chi connectivity index (χ4v) is 1.89. The van der Waals surface area contributed by atoms with Crippen LogP contribution in [0.2, 0.25) is 0 Å². The summed E-state index contributed by atoms with van der Waals surface area (Å²) in [5.41, 5.74) is 2.10. The Morgan fingerprint density at radius 1 is 1.29 bits per heavy atom. The Morgan fingerprint density at radius 3 is 2.57 bits per heavy atom. The molecule has 0 aliphatic heterocycles. The van der Waals surface area contributed by atoms with Gasteiger partial charge in [0.25, 0.3) is 5.91 Å². The Balaban J connectivity index is 2.10. The Hall–Kier alpha value is -2.34. The molecule has 0 N–H and O–H groups in total. The van der Waals surface area contributed by atoms with E-state index in [0.717, 1.165) is 11.3 Å². The molecule has 0 fully saturated rings. The van der Waals surface area contributed by atoms with E-state index in [4.69, 9.17) is 4.74 Å². The molecule has 2 heterocycles. The molecule has 0 unspecified atom stereocenters. The van der Waals surface area contributed by atoms with Gasteiger partial charge in [-0.15, -0.1) is 0 Å². The molecule has 2 aromatic heterocycles. The van der Waals surface area contributed by atoms with Crippen molar-refractivity contribution in [3.8, 4) is 11.3 Å². The van der Waals surface area contributed by atoms with Crippen LogP contribution in [0.15, 0.2) is 37.1 Å². The maximum absolute atomic E-state index is 12.2. The molecule has 0 bridgehead atoms. The summed E-state index contributed by atoms with van der Waals surface area (Å²) < 4.78 is 5.16. The van der Waals surface area contributed by atoms with Crippen molar-refractivity contribution in [2.24, 2.45) is 0 Å². The minimum atomic E-state index is -0.0812. The number of likely N-dealkylation sites (N-methyl/N-ethyl adjacent to an activating group) is 1. The number of nitrogens with zero attached hydrogens (tertiary/aromatic N) is 4. The van der Waals surface area contributed by atoms with Crippen LogP contribution in [0, 0.1) is 0 Å². The molecule has 2 aromatic rings. The monoisotopic (exact) mass is 286 g/mol.